The maximum atomic E-state index is 12.9. The number of carboxylic acid groups (broad SMARTS) is 3. The average molecular weight is 2060 g/mol. The highest BCUT2D eigenvalue weighted by atomic mass is 32.2. The molecule has 0 unspecified atom stereocenters. The fraction of sp³-hybridized carbons (Fsp3) is 0.0891. The van der Waals surface area contributed by atoms with Gasteiger partial charge >= 0.3 is 17.9 Å². The van der Waals surface area contributed by atoms with Crippen LogP contribution in [-0.2, 0) is 50.1 Å². The number of carboxylic acids is 3. The Kier molecular flexibility index (Phi) is 36.2. The molecule has 14 aromatic rings. The molecule has 0 spiro atoms. The van der Waals surface area contributed by atoms with Crippen LogP contribution in [0.2, 0.25) is 0 Å². The van der Waals surface area contributed by atoms with Gasteiger partial charge in [0.25, 0.3) is 81.0 Å². The second-order valence-electron chi connectivity index (χ2n) is 31.2. The third-order valence-corrected chi connectivity index (χ3v) is 28.3. The molecule has 1 aliphatic rings. The average Bonchev–Trinajstić information content (AvgIpc) is 0.795. The molecule has 0 aromatic heterocycles. The zero-order chi connectivity index (χ0) is 105. The molecule has 145 heavy (non-hydrogen) atoms. The summed E-state index contributed by atoms with van der Waals surface area (Å²) in [6, 6.07) is 83.1. The van der Waals surface area contributed by atoms with E-state index in [9.17, 15) is 101 Å². The molecule has 0 aliphatic carbocycles. The van der Waals surface area contributed by atoms with E-state index in [1.807, 2.05) is 25.1 Å². The number of ether oxygens (including phenoxy) is 2. The highest BCUT2D eigenvalue weighted by Crippen LogP contribution is 2.32. The van der Waals surface area contributed by atoms with Crippen LogP contribution >= 0.6 is 0 Å². The number of non-ortho nitro benzene ring substituents is 2. The number of para-hydroxylation sites is 3. The monoisotopic (exact) mass is 2060 g/mol. The Labute approximate surface area is 831 Å². The van der Waals surface area contributed by atoms with Crippen LogP contribution in [0.15, 0.2) is 364 Å². The molecule has 15 rings (SSSR count). The molecule has 1 saturated heterocycles. The summed E-state index contributed by atoms with van der Waals surface area (Å²) in [4.78, 5) is 115. The second kappa shape index (κ2) is 48.8. The molecular formula is C101H90N12O27S5. The van der Waals surface area contributed by atoms with Crippen molar-refractivity contribution in [2.45, 2.75) is 57.6 Å². The predicted octanol–water partition coefficient (Wildman–Crippen LogP) is 17.6. The number of carbonyl (C=O) groups excluding carboxylic acids is 5. The normalized spacial score (nSPS) is 11.7. The first-order valence-corrected chi connectivity index (χ1v) is 50.4. The van der Waals surface area contributed by atoms with Gasteiger partial charge in [-0.2, -0.15) is 4.31 Å². The number of benzene rings is 14. The lowest BCUT2D eigenvalue weighted by molar-refractivity contribution is -0.385. The fourth-order valence-corrected chi connectivity index (χ4v) is 19.6. The quantitative estimate of drug-likeness (QED) is 0.0142. The Balaban J connectivity index is 0.000000173. The molecule has 0 bridgehead atoms. The van der Waals surface area contributed by atoms with Crippen molar-refractivity contribution >= 4 is 160 Å². The number of nitro benzene ring substituents is 2. The zero-order valence-corrected chi connectivity index (χ0v) is 81.0. The molecule has 1 heterocycles. The van der Waals surface area contributed by atoms with Crippen molar-refractivity contribution < 1.29 is 115 Å². The van der Waals surface area contributed by atoms with Crippen molar-refractivity contribution in [3.63, 3.8) is 0 Å². The fourth-order valence-electron chi connectivity index (χ4n) is 13.4. The maximum absolute atomic E-state index is 12.9. The number of nitrogens with zero attached hydrogens (tertiary/aromatic N) is 3. The summed E-state index contributed by atoms with van der Waals surface area (Å²) in [6.07, 6.45) is 2.66. The van der Waals surface area contributed by atoms with Gasteiger partial charge in [-0.05, 0) is 257 Å². The lowest BCUT2D eigenvalue weighted by Crippen LogP contribution is -2.35. The number of aryl methyl sites for hydroxylation is 2. The second-order valence-corrected chi connectivity index (χ2v) is 39.8. The summed E-state index contributed by atoms with van der Waals surface area (Å²) in [6.45, 7) is 4.56. The van der Waals surface area contributed by atoms with Gasteiger partial charge in [-0.3, -0.25) is 63.1 Å². The zero-order valence-electron chi connectivity index (χ0n) is 76.9. The number of sulfonamides is 5. The van der Waals surface area contributed by atoms with E-state index >= 15 is 0 Å². The molecule has 44 heteroatoms. The number of hydrogen-bond acceptors (Lipinski definition) is 24. The third kappa shape index (κ3) is 30.6. The van der Waals surface area contributed by atoms with E-state index in [2.05, 4.69) is 45.5 Å². The van der Waals surface area contributed by atoms with Crippen molar-refractivity contribution in [1.82, 2.24) is 4.31 Å². The minimum Gasteiger partial charge on any atom is -0.497 e. The predicted molar refractivity (Wildman–Crippen MR) is 543 cm³/mol. The van der Waals surface area contributed by atoms with Crippen molar-refractivity contribution in [2.75, 3.05) is 72.8 Å². The Hall–Kier alpha value is -17.9. The molecule has 0 radical (unpaired) electrons. The molecule has 14 aromatic carbocycles. The van der Waals surface area contributed by atoms with Gasteiger partial charge < -0.3 is 51.4 Å². The summed E-state index contributed by atoms with van der Waals surface area (Å²) in [5.41, 5.74) is 5.01. The number of nitrogens with one attached hydrogen (secondary N) is 9. The first-order chi connectivity index (χ1) is 69.0. The van der Waals surface area contributed by atoms with Crippen LogP contribution in [-0.4, -0.2) is 146 Å². The van der Waals surface area contributed by atoms with Crippen molar-refractivity contribution in [3.05, 3.63) is 416 Å². The van der Waals surface area contributed by atoms with Gasteiger partial charge in [0, 0.05) is 111 Å². The minimum atomic E-state index is -4.04. The highest BCUT2D eigenvalue weighted by molar-refractivity contribution is 7.93. The van der Waals surface area contributed by atoms with Crippen molar-refractivity contribution in [2.24, 2.45) is 0 Å². The number of anilines is 9. The first kappa shape index (κ1) is 108. The molecule has 39 nitrogen and oxygen atoms in total. The summed E-state index contributed by atoms with van der Waals surface area (Å²) < 4.78 is 149. The van der Waals surface area contributed by atoms with Crippen LogP contribution in [0.4, 0.5) is 62.6 Å². The van der Waals surface area contributed by atoms with E-state index < -0.39 is 101 Å². The summed E-state index contributed by atoms with van der Waals surface area (Å²) in [7, 11) is -16.7. The van der Waals surface area contributed by atoms with E-state index in [0.29, 0.717) is 58.6 Å². The Morgan fingerprint density at radius 1 is 0.303 bits per heavy atom. The van der Waals surface area contributed by atoms with Crippen LogP contribution < -0.4 is 54.9 Å². The van der Waals surface area contributed by atoms with Gasteiger partial charge in [-0.1, -0.05) is 103 Å². The molecule has 12 N–H and O–H groups in total. The topological polar surface area (TPSA) is 584 Å². The SMILES string of the molecule is COc1ccc(NC(=O)c2cccc(S(=O)(=O)Nc3cccc(C(=O)O)c3)c2)cc1.COc1ccccc1NS(=O)(=O)c1cc(C(=O)Nc2ccccc2)ccc1C.Cc1ccc(NC(=O)c2cccc(S(=O)(=O)Nc3cccc(C(=O)O)c3)c2)cc1.O=C(Nc1cccc([N+](=O)[O-])c1)c1cccc(S(=O)(=O)N2CCCCC2)c1.O=C(O)c1ccc(NS(=O)(=O)c2cccc(C(=O)Nc3ccc([N+](=O)[O-])cc3)c2)cc1. The summed E-state index contributed by atoms with van der Waals surface area (Å²) in [5, 5.41) is 61.8. The minimum absolute atomic E-state index is 0.00728. The molecule has 0 saturated carbocycles. The van der Waals surface area contributed by atoms with Gasteiger partial charge in [-0.15, -0.1) is 0 Å². The molecule has 746 valence electrons. The van der Waals surface area contributed by atoms with Crippen LogP contribution in [0.25, 0.3) is 0 Å². The largest absolute Gasteiger partial charge is 0.497 e. The smallest absolute Gasteiger partial charge is 0.335 e. The van der Waals surface area contributed by atoms with E-state index in [1.54, 1.807) is 104 Å². The molecule has 1 aliphatic heterocycles. The van der Waals surface area contributed by atoms with Gasteiger partial charge in [0.2, 0.25) is 10.0 Å². The van der Waals surface area contributed by atoms with E-state index in [4.69, 9.17) is 24.8 Å². The lowest BCUT2D eigenvalue weighted by Gasteiger charge is -2.26. The molecule has 0 atom stereocenters. The number of amides is 5. The van der Waals surface area contributed by atoms with Gasteiger partial charge in [0.15, 0.2) is 0 Å². The molecular weight excluding hydrogens is 1970 g/mol. The van der Waals surface area contributed by atoms with Gasteiger partial charge in [0.05, 0.1) is 70.9 Å². The number of hydrogen-bond donors (Lipinski definition) is 12. The number of nitro groups is 2. The number of aromatic carboxylic acids is 3. The van der Waals surface area contributed by atoms with Crippen molar-refractivity contribution in [3.8, 4) is 11.5 Å². The Morgan fingerprint density at radius 2 is 0.655 bits per heavy atom. The standard InChI is InChI=1S/C21H18N2O6S.C21H18N2O5S.C21H20N2O4S.C20H15N3O7S.C18H19N3O5S/c1-29-18-10-8-16(9-11-18)22-20(24)14-4-3-7-19(13-14)30(27,28)23-17-6-2-5-15(12-17)21(25)26;1-14-8-10-17(11-9-14)22-20(24)15-4-3-7-19(13-15)29(27,28)23-18-6-2-5-16(12-18)21(25)26;1-15-12-13-16(21(24)22-17-8-4-3-5-9-17)14-20(15)28(25,26)23-18-10-6-7-11-19(18)27-2;24-19(21-15-8-10-17(11-9-15)23(27)28)14-2-1-3-18(12-14)31(29,30)22-16-6-4-13(5-7-16)20(25)26;22-18(19-15-7-5-8-16(13-15)21(23)24)14-6-4-9-17(12-14)27(25,26)20-10-2-1-3-11-20/h2-13,23H,1H3,(H,22,24)(H,25,26);2-13,23H,1H3,(H,22,24)(H,25,26);3-14,23H,1-2H3,(H,22,24);1-12,22H,(H,21,24)(H,25,26);4-9,12-13H,1-3,10-11H2,(H,19,22). The molecule has 5 amide bonds. The highest BCUT2D eigenvalue weighted by Gasteiger charge is 2.29. The third-order valence-electron chi connectivity index (χ3n) is 20.8. The number of piperidine rings is 1. The van der Waals surface area contributed by atoms with Crippen LogP contribution in [0.5, 0.6) is 11.5 Å². The summed E-state index contributed by atoms with van der Waals surface area (Å²) in [5.74, 6) is -4.89. The van der Waals surface area contributed by atoms with Crippen molar-refractivity contribution in [1.29, 1.82) is 0 Å². The van der Waals surface area contributed by atoms with E-state index in [-0.39, 0.29) is 109 Å². The van der Waals surface area contributed by atoms with Crippen LogP contribution in [0, 0.1) is 34.1 Å². The van der Waals surface area contributed by atoms with E-state index in [1.165, 1.54) is 243 Å². The first-order valence-electron chi connectivity index (χ1n) is 43.0. The van der Waals surface area contributed by atoms with Crippen LogP contribution in [0.1, 0.15) is 113 Å². The lowest BCUT2D eigenvalue weighted by atomic mass is 10.1. The maximum Gasteiger partial charge on any atom is 0.335 e. The van der Waals surface area contributed by atoms with E-state index in [0.717, 1.165) is 24.8 Å². The summed E-state index contributed by atoms with van der Waals surface area (Å²) >= 11 is 0. The Morgan fingerprint density at radius 3 is 1.10 bits per heavy atom. The number of carbonyl (C=O) groups is 8. The number of rotatable bonds is 31. The number of methoxy groups -OCH3 is 2. The Bertz CT molecular complexity index is 7810. The molecule has 1 fully saturated rings. The van der Waals surface area contributed by atoms with Gasteiger partial charge in [-0.25, -0.2) is 56.5 Å². The van der Waals surface area contributed by atoms with Gasteiger partial charge in [0.1, 0.15) is 11.5 Å². The van der Waals surface area contributed by atoms with Crippen LogP contribution in [0.3, 0.4) is 0 Å².